The van der Waals surface area contributed by atoms with Gasteiger partial charge < -0.3 is 4.74 Å². The minimum Gasteiger partial charge on any atom is -0.461 e. The van der Waals surface area contributed by atoms with E-state index in [0.717, 1.165) is 0 Å². The number of ether oxygens (including phenoxy) is 1. The molecule has 12 heavy (non-hydrogen) atoms. The Morgan fingerprint density at radius 2 is 2.58 bits per heavy atom. The second-order valence-corrected chi connectivity index (χ2v) is 2.05. The van der Waals surface area contributed by atoms with Crippen LogP contribution in [0.5, 0.6) is 0 Å². The topological polar surface area (TPSA) is 63.0 Å². The Labute approximate surface area is 69.4 Å². The summed E-state index contributed by atoms with van der Waals surface area (Å²) in [4.78, 5) is 13.7. The Bertz CT molecular complexity index is 317. The smallest absolute Gasteiger partial charge is 0.293 e. The Balaban J connectivity index is 2.74. The molecular formula is C8H6N2O2. The van der Waals surface area contributed by atoms with Gasteiger partial charge >= 0.3 is 0 Å². The molecule has 0 radical (unpaired) electrons. The fourth-order valence-electron chi connectivity index (χ4n) is 0.746. The van der Waals surface area contributed by atoms with E-state index in [2.05, 4.69) is 9.72 Å². The SMILES string of the molecule is N#Cc1ccnc(COC=O)c1. The molecule has 0 aromatic carbocycles. The third-order valence-electron chi connectivity index (χ3n) is 1.24. The summed E-state index contributed by atoms with van der Waals surface area (Å²) in [6, 6.07) is 5.12. The van der Waals surface area contributed by atoms with Crippen molar-refractivity contribution >= 4 is 6.47 Å². The van der Waals surface area contributed by atoms with Crippen molar-refractivity contribution in [2.24, 2.45) is 0 Å². The van der Waals surface area contributed by atoms with Crippen LogP contribution in [-0.4, -0.2) is 11.5 Å². The number of pyridine rings is 1. The van der Waals surface area contributed by atoms with Gasteiger partial charge in [0, 0.05) is 6.20 Å². The van der Waals surface area contributed by atoms with E-state index in [-0.39, 0.29) is 6.61 Å². The summed E-state index contributed by atoms with van der Waals surface area (Å²) in [5, 5.41) is 8.50. The van der Waals surface area contributed by atoms with Gasteiger partial charge in [0.15, 0.2) is 0 Å². The molecule has 1 aromatic heterocycles. The van der Waals surface area contributed by atoms with Crippen LogP contribution in [-0.2, 0) is 16.1 Å². The molecule has 0 saturated carbocycles. The molecule has 0 bridgehead atoms. The van der Waals surface area contributed by atoms with E-state index in [4.69, 9.17) is 5.26 Å². The van der Waals surface area contributed by atoms with Crippen LogP contribution < -0.4 is 0 Å². The Morgan fingerprint density at radius 1 is 1.75 bits per heavy atom. The maximum absolute atomic E-state index is 9.82. The Kier molecular flexibility index (Phi) is 2.79. The summed E-state index contributed by atoms with van der Waals surface area (Å²) in [5.74, 6) is 0. The van der Waals surface area contributed by atoms with E-state index in [1.54, 1.807) is 12.1 Å². The molecule has 0 atom stereocenters. The predicted octanol–water partition coefficient (Wildman–Crippen LogP) is 0.626. The van der Waals surface area contributed by atoms with Crippen LogP contribution in [0.3, 0.4) is 0 Å². The van der Waals surface area contributed by atoms with E-state index < -0.39 is 0 Å². The van der Waals surface area contributed by atoms with Gasteiger partial charge in [0.25, 0.3) is 6.47 Å². The molecule has 0 aliphatic heterocycles. The summed E-state index contributed by atoms with van der Waals surface area (Å²) < 4.78 is 4.47. The molecule has 4 nitrogen and oxygen atoms in total. The molecule has 1 heterocycles. The first-order valence-corrected chi connectivity index (χ1v) is 3.27. The lowest BCUT2D eigenvalue weighted by atomic mass is 10.2. The number of nitrogens with zero attached hydrogens (tertiary/aromatic N) is 2. The highest BCUT2D eigenvalue weighted by Crippen LogP contribution is 2.00. The number of carbonyl (C=O) groups excluding carboxylic acids is 1. The minimum atomic E-state index is 0.110. The van der Waals surface area contributed by atoms with Crippen LogP contribution in [0.4, 0.5) is 0 Å². The Morgan fingerprint density at radius 3 is 3.25 bits per heavy atom. The van der Waals surface area contributed by atoms with Gasteiger partial charge in [-0.2, -0.15) is 5.26 Å². The summed E-state index contributed by atoms with van der Waals surface area (Å²) in [7, 11) is 0. The first-order chi connectivity index (χ1) is 5.86. The van der Waals surface area contributed by atoms with Crippen molar-refractivity contribution < 1.29 is 9.53 Å². The molecule has 0 spiro atoms. The lowest BCUT2D eigenvalue weighted by Gasteiger charge is -1.97. The normalized spacial score (nSPS) is 8.58. The van der Waals surface area contributed by atoms with Crippen LogP contribution in [0.25, 0.3) is 0 Å². The van der Waals surface area contributed by atoms with Gasteiger partial charge in [0.2, 0.25) is 0 Å². The Hall–Kier alpha value is -1.89. The fraction of sp³-hybridized carbons (Fsp3) is 0.125. The molecule has 4 heteroatoms. The molecule has 0 fully saturated rings. The monoisotopic (exact) mass is 162 g/mol. The molecular weight excluding hydrogens is 156 g/mol. The molecule has 0 aliphatic rings. The first-order valence-electron chi connectivity index (χ1n) is 3.27. The second kappa shape index (κ2) is 4.09. The van der Waals surface area contributed by atoms with Crippen LogP contribution >= 0.6 is 0 Å². The van der Waals surface area contributed by atoms with Crippen LogP contribution in [0.15, 0.2) is 18.3 Å². The van der Waals surface area contributed by atoms with Crippen molar-refractivity contribution in [2.75, 3.05) is 0 Å². The summed E-state index contributed by atoms with van der Waals surface area (Å²) >= 11 is 0. The van der Waals surface area contributed by atoms with E-state index in [1.807, 2.05) is 6.07 Å². The number of hydrogen-bond donors (Lipinski definition) is 0. The zero-order valence-electron chi connectivity index (χ0n) is 6.23. The van der Waals surface area contributed by atoms with Crippen LogP contribution in [0, 0.1) is 11.3 Å². The first kappa shape index (κ1) is 8.21. The van der Waals surface area contributed by atoms with E-state index in [0.29, 0.717) is 17.7 Å². The van der Waals surface area contributed by atoms with Crippen molar-refractivity contribution in [3.8, 4) is 6.07 Å². The number of nitriles is 1. The van der Waals surface area contributed by atoms with Gasteiger partial charge in [-0.05, 0) is 12.1 Å². The average molecular weight is 162 g/mol. The van der Waals surface area contributed by atoms with Gasteiger partial charge in [-0.1, -0.05) is 0 Å². The van der Waals surface area contributed by atoms with Crippen LogP contribution in [0.1, 0.15) is 11.3 Å². The number of rotatable bonds is 3. The molecule has 60 valence electrons. The maximum atomic E-state index is 9.82. The standard InChI is InChI=1S/C8H6N2O2/c9-4-7-1-2-10-8(3-7)5-12-6-11/h1-3,6H,5H2. The molecule has 0 unspecified atom stereocenters. The van der Waals surface area contributed by atoms with Gasteiger partial charge in [-0.15, -0.1) is 0 Å². The molecule has 0 amide bonds. The van der Waals surface area contributed by atoms with Gasteiger partial charge in [-0.3, -0.25) is 9.78 Å². The van der Waals surface area contributed by atoms with Crippen molar-refractivity contribution in [2.45, 2.75) is 6.61 Å². The zero-order chi connectivity index (χ0) is 8.81. The summed E-state index contributed by atoms with van der Waals surface area (Å²) in [6.45, 7) is 0.458. The molecule has 0 aliphatic carbocycles. The summed E-state index contributed by atoms with van der Waals surface area (Å²) in [5.41, 5.74) is 1.08. The van der Waals surface area contributed by atoms with Crippen molar-refractivity contribution in [3.63, 3.8) is 0 Å². The van der Waals surface area contributed by atoms with Crippen molar-refractivity contribution in [3.05, 3.63) is 29.6 Å². The van der Waals surface area contributed by atoms with E-state index in [9.17, 15) is 4.79 Å². The van der Waals surface area contributed by atoms with Crippen molar-refractivity contribution in [1.29, 1.82) is 5.26 Å². The minimum absolute atomic E-state index is 0.110. The zero-order valence-corrected chi connectivity index (χ0v) is 6.23. The molecule has 1 aromatic rings. The van der Waals surface area contributed by atoms with Crippen molar-refractivity contribution in [1.82, 2.24) is 4.98 Å². The average Bonchev–Trinajstić information content (AvgIpc) is 2.15. The fourth-order valence-corrected chi connectivity index (χ4v) is 0.746. The lowest BCUT2D eigenvalue weighted by molar-refractivity contribution is -0.129. The van der Waals surface area contributed by atoms with Crippen LogP contribution in [0.2, 0.25) is 0 Å². The quantitative estimate of drug-likeness (QED) is 0.611. The highest BCUT2D eigenvalue weighted by atomic mass is 16.5. The second-order valence-electron chi connectivity index (χ2n) is 2.05. The predicted molar refractivity (Wildman–Crippen MR) is 39.8 cm³/mol. The maximum Gasteiger partial charge on any atom is 0.293 e. The number of carbonyl (C=O) groups is 1. The number of hydrogen-bond acceptors (Lipinski definition) is 4. The largest absolute Gasteiger partial charge is 0.461 e. The van der Waals surface area contributed by atoms with Gasteiger partial charge in [-0.25, -0.2) is 0 Å². The summed E-state index contributed by atoms with van der Waals surface area (Å²) in [6.07, 6.45) is 1.50. The van der Waals surface area contributed by atoms with E-state index >= 15 is 0 Å². The third kappa shape index (κ3) is 2.06. The third-order valence-corrected chi connectivity index (χ3v) is 1.24. The highest BCUT2D eigenvalue weighted by Gasteiger charge is 1.95. The molecule has 0 saturated heterocycles. The molecule has 1 rings (SSSR count). The number of aromatic nitrogens is 1. The van der Waals surface area contributed by atoms with Gasteiger partial charge in [0.05, 0.1) is 17.3 Å². The van der Waals surface area contributed by atoms with Gasteiger partial charge in [0.1, 0.15) is 6.61 Å². The molecule has 0 N–H and O–H groups in total. The lowest BCUT2D eigenvalue weighted by Crippen LogP contribution is -1.93. The van der Waals surface area contributed by atoms with E-state index in [1.165, 1.54) is 6.20 Å². The highest BCUT2D eigenvalue weighted by molar-refractivity contribution is 5.37.